The zero-order valence-corrected chi connectivity index (χ0v) is 10.2. The number of halogens is 3. The molecule has 1 aliphatic heterocycles. The Labute approximate surface area is 104 Å². The lowest BCUT2D eigenvalue weighted by atomic mass is 9.86. The number of aliphatic hydroxyl groups is 1. The van der Waals surface area contributed by atoms with E-state index in [1.54, 1.807) is 0 Å². The lowest BCUT2D eigenvalue weighted by Gasteiger charge is -2.42. The van der Waals surface area contributed by atoms with E-state index in [1.807, 2.05) is 0 Å². The van der Waals surface area contributed by atoms with E-state index in [0.29, 0.717) is 26.1 Å². The van der Waals surface area contributed by atoms with Gasteiger partial charge < -0.3 is 14.6 Å². The molecule has 1 aliphatic carbocycles. The van der Waals surface area contributed by atoms with Crippen LogP contribution in [0.5, 0.6) is 0 Å². The minimum atomic E-state index is -4.27. The molecular weight excluding hydrogens is 251 g/mol. The molecule has 2 fully saturated rings. The highest BCUT2D eigenvalue weighted by molar-refractivity contribution is 4.92. The fourth-order valence-electron chi connectivity index (χ4n) is 2.73. The summed E-state index contributed by atoms with van der Waals surface area (Å²) in [6, 6.07) is -0.585. The highest BCUT2D eigenvalue weighted by atomic mass is 19.4. The lowest BCUT2D eigenvalue weighted by Crippen LogP contribution is -2.53. The molecule has 1 N–H and O–H groups in total. The molecule has 106 valence electrons. The van der Waals surface area contributed by atoms with Crippen molar-refractivity contribution in [1.29, 1.82) is 0 Å². The van der Waals surface area contributed by atoms with Gasteiger partial charge in [-0.15, -0.1) is 0 Å². The average molecular weight is 269 g/mol. The monoisotopic (exact) mass is 269 g/mol. The fourth-order valence-corrected chi connectivity index (χ4v) is 2.73. The van der Waals surface area contributed by atoms with Crippen molar-refractivity contribution in [2.24, 2.45) is 0 Å². The largest absolute Gasteiger partial charge is 0.401 e. The molecule has 4 nitrogen and oxygen atoms in total. The van der Waals surface area contributed by atoms with Crippen LogP contribution in [0.2, 0.25) is 0 Å². The normalized spacial score (nSPS) is 32.3. The van der Waals surface area contributed by atoms with Crippen molar-refractivity contribution in [3.8, 4) is 0 Å². The van der Waals surface area contributed by atoms with E-state index in [9.17, 15) is 18.3 Å². The molecule has 1 spiro atoms. The quantitative estimate of drug-likeness (QED) is 0.816. The average Bonchev–Trinajstić information content (AvgIpc) is 2.68. The summed E-state index contributed by atoms with van der Waals surface area (Å²) in [7, 11) is 1.37. The first-order valence-corrected chi connectivity index (χ1v) is 6.04. The van der Waals surface area contributed by atoms with Gasteiger partial charge >= 0.3 is 6.18 Å². The van der Waals surface area contributed by atoms with Gasteiger partial charge in [0.25, 0.3) is 0 Å². The van der Waals surface area contributed by atoms with Crippen LogP contribution >= 0.6 is 0 Å². The minimum Gasteiger partial charge on any atom is -0.391 e. The van der Waals surface area contributed by atoms with Crippen molar-refractivity contribution in [2.45, 2.75) is 43.4 Å². The van der Waals surface area contributed by atoms with Gasteiger partial charge in [-0.1, -0.05) is 0 Å². The molecule has 1 saturated heterocycles. The Hall–Kier alpha value is -0.370. The molecular formula is C11H18F3NO3. The predicted octanol–water partition coefficient (Wildman–Crippen LogP) is 1.14. The maximum absolute atomic E-state index is 12.4. The molecule has 2 atom stereocenters. The first kappa shape index (κ1) is 14.0. The van der Waals surface area contributed by atoms with Gasteiger partial charge in [0.2, 0.25) is 0 Å². The second-order valence-electron chi connectivity index (χ2n) is 5.02. The van der Waals surface area contributed by atoms with Crippen LogP contribution < -0.4 is 0 Å². The second kappa shape index (κ2) is 4.96. The van der Waals surface area contributed by atoms with Crippen molar-refractivity contribution in [1.82, 2.24) is 4.90 Å². The molecule has 1 heterocycles. The Morgan fingerprint density at radius 2 is 1.94 bits per heavy atom. The minimum absolute atomic E-state index is 0.279. The van der Waals surface area contributed by atoms with Crippen LogP contribution in [0.1, 0.15) is 19.3 Å². The summed E-state index contributed by atoms with van der Waals surface area (Å²) in [4.78, 5) is 1.14. The number of hydrogen-bond donors (Lipinski definition) is 1. The molecule has 0 aromatic heterocycles. The van der Waals surface area contributed by atoms with Gasteiger partial charge in [0, 0.05) is 18.9 Å². The maximum atomic E-state index is 12.4. The summed E-state index contributed by atoms with van der Waals surface area (Å²) in [5, 5.41) is 9.86. The Morgan fingerprint density at radius 1 is 1.33 bits per heavy atom. The number of hydrogen-bond acceptors (Lipinski definition) is 4. The van der Waals surface area contributed by atoms with Crippen LogP contribution in [0.25, 0.3) is 0 Å². The summed E-state index contributed by atoms with van der Waals surface area (Å²) in [6.45, 7) is -0.109. The van der Waals surface area contributed by atoms with E-state index in [2.05, 4.69) is 0 Å². The van der Waals surface area contributed by atoms with E-state index >= 15 is 0 Å². The molecule has 18 heavy (non-hydrogen) atoms. The second-order valence-corrected chi connectivity index (χ2v) is 5.02. The van der Waals surface area contributed by atoms with Crippen molar-refractivity contribution in [3.63, 3.8) is 0 Å². The third-order valence-corrected chi connectivity index (χ3v) is 3.59. The van der Waals surface area contributed by atoms with E-state index in [0.717, 1.165) is 4.90 Å². The summed E-state index contributed by atoms with van der Waals surface area (Å²) >= 11 is 0. The van der Waals surface area contributed by atoms with Crippen LogP contribution in [0.15, 0.2) is 0 Å². The Balaban J connectivity index is 2.01. The summed E-state index contributed by atoms with van der Waals surface area (Å²) in [5.74, 6) is -0.788. The van der Waals surface area contributed by atoms with Crippen LogP contribution in [-0.2, 0) is 9.47 Å². The van der Waals surface area contributed by atoms with Gasteiger partial charge in [0.15, 0.2) is 5.79 Å². The van der Waals surface area contributed by atoms with E-state index in [-0.39, 0.29) is 6.42 Å². The van der Waals surface area contributed by atoms with Crippen LogP contribution in [0, 0.1) is 0 Å². The van der Waals surface area contributed by atoms with Crippen molar-refractivity contribution in [2.75, 3.05) is 26.8 Å². The number of likely N-dealkylation sites (N-methyl/N-ethyl adjacent to an activating group) is 1. The molecule has 2 unspecified atom stereocenters. The highest BCUT2D eigenvalue weighted by Crippen LogP contribution is 2.38. The Bertz CT molecular complexity index is 292. The van der Waals surface area contributed by atoms with E-state index in [4.69, 9.17) is 9.47 Å². The first-order valence-electron chi connectivity index (χ1n) is 6.04. The zero-order chi connectivity index (χ0) is 13.4. The Morgan fingerprint density at radius 3 is 2.50 bits per heavy atom. The first-order chi connectivity index (χ1) is 8.31. The van der Waals surface area contributed by atoms with Gasteiger partial charge in [-0.05, 0) is 13.5 Å². The number of alkyl halides is 3. The van der Waals surface area contributed by atoms with Gasteiger partial charge in [-0.25, -0.2) is 0 Å². The smallest absolute Gasteiger partial charge is 0.391 e. The molecule has 0 amide bonds. The maximum Gasteiger partial charge on any atom is 0.401 e. The molecule has 2 aliphatic rings. The SMILES string of the molecule is CN(CC(F)(F)F)C1CC2(CCC1O)OCCO2. The Kier molecular flexibility index (Phi) is 3.87. The van der Waals surface area contributed by atoms with Crippen LogP contribution in [-0.4, -0.2) is 60.9 Å². The number of rotatable bonds is 2. The van der Waals surface area contributed by atoms with Crippen LogP contribution in [0.3, 0.4) is 0 Å². The zero-order valence-electron chi connectivity index (χ0n) is 10.2. The molecule has 2 rings (SSSR count). The number of ether oxygens (including phenoxy) is 2. The molecule has 0 bridgehead atoms. The topological polar surface area (TPSA) is 41.9 Å². The molecule has 0 radical (unpaired) electrons. The lowest BCUT2D eigenvalue weighted by molar-refractivity contribution is -0.213. The van der Waals surface area contributed by atoms with E-state index in [1.165, 1.54) is 7.05 Å². The van der Waals surface area contributed by atoms with Gasteiger partial charge in [0.05, 0.1) is 25.9 Å². The van der Waals surface area contributed by atoms with Gasteiger partial charge in [0.1, 0.15) is 0 Å². The number of aliphatic hydroxyl groups excluding tert-OH is 1. The van der Waals surface area contributed by atoms with Gasteiger partial charge in [-0.3, -0.25) is 4.90 Å². The standard InChI is InChI=1S/C11H18F3NO3/c1-15(7-11(12,13)14)8-6-10(3-2-9(8)16)17-4-5-18-10/h8-9,16H,2-7H2,1H3. The van der Waals surface area contributed by atoms with Crippen molar-refractivity contribution >= 4 is 0 Å². The molecule has 7 heteroatoms. The van der Waals surface area contributed by atoms with Crippen molar-refractivity contribution < 1.29 is 27.8 Å². The third-order valence-electron chi connectivity index (χ3n) is 3.59. The highest BCUT2D eigenvalue weighted by Gasteiger charge is 2.47. The van der Waals surface area contributed by atoms with Crippen molar-refractivity contribution in [3.05, 3.63) is 0 Å². The summed E-state index contributed by atoms with van der Waals surface area (Å²) in [6.07, 6.45) is -3.83. The number of nitrogens with zero attached hydrogens (tertiary/aromatic N) is 1. The summed E-state index contributed by atoms with van der Waals surface area (Å²) in [5.41, 5.74) is 0. The summed E-state index contributed by atoms with van der Waals surface area (Å²) < 4.78 is 48.1. The van der Waals surface area contributed by atoms with E-state index < -0.39 is 30.7 Å². The fraction of sp³-hybridized carbons (Fsp3) is 1.00. The van der Waals surface area contributed by atoms with Crippen LogP contribution in [0.4, 0.5) is 13.2 Å². The van der Waals surface area contributed by atoms with Gasteiger partial charge in [-0.2, -0.15) is 13.2 Å². The molecule has 0 aromatic carbocycles. The molecule has 1 saturated carbocycles. The predicted molar refractivity (Wildman–Crippen MR) is 57.0 cm³/mol. The third kappa shape index (κ3) is 3.14. The molecule has 0 aromatic rings.